The van der Waals surface area contributed by atoms with E-state index in [1.54, 1.807) is 37.3 Å². The molecule has 6 nitrogen and oxygen atoms in total. The first kappa shape index (κ1) is 24.2. The molecule has 0 aliphatic heterocycles. The number of benzene rings is 4. The van der Waals surface area contributed by atoms with E-state index < -0.39 is 18.0 Å². The Morgan fingerprint density at radius 2 is 1.66 bits per heavy atom. The van der Waals surface area contributed by atoms with Crippen LogP contribution in [0.25, 0.3) is 10.8 Å². The van der Waals surface area contributed by atoms with Gasteiger partial charge in [-0.05, 0) is 67.1 Å². The SMILES string of the molecule is Cc1ccc(C(=O)Oc2ccc3ccccc3c2/C=N/NC(=O)C(C)Oc2ccc(Br)cc2)cc1. The van der Waals surface area contributed by atoms with Crippen LogP contribution in [0, 0.1) is 6.92 Å². The molecule has 4 rings (SSSR count). The molecule has 0 aromatic heterocycles. The van der Waals surface area contributed by atoms with Gasteiger partial charge in [-0.25, -0.2) is 10.2 Å². The number of aryl methyl sites for hydroxylation is 1. The third-order valence-electron chi connectivity index (χ3n) is 5.28. The first-order valence-corrected chi connectivity index (χ1v) is 11.8. The van der Waals surface area contributed by atoms with E-state index in [0.29, 0.717) is 22.6 Å². The molecule has 0 spiro atoms. The smallest absolute Gasteiger partial charge is 0.343 e. The Balaban J connectivity index is 1.52. The minimum Gasteiger partial charge on any atom is -0.481 e. The lowest BCUT2D eigenvalue weighted by molar-refractivity contribution is -0.127. The van der Waals surface area contributed by atoms with E-state index in [2.05, 4.69) is 26.5 Å². The van der Waals surface area contributed by atoms with Crippen LogP contribution in [0.1, 0.15) is 28.4 Å². The van der Waals surface area contributed by atoms with Gasteiger partial charge in [0.1, 0.15) is 11.5 Å². The molecule has 1 unspecified atom stereocenters. The molecule has 0 bridgehead atoms. The van der Waals surface area contributed by atoms with Crippen LogP contribution in [0.15, 0.2) is 94.5 Å². The van der Waals surface area contributed by atoms with Crippen molar-refractivity contribution >= 4 is 44.8 Å². The first-order chi connectivity index (χ1) is 16.9. The highest BCUT2D eigenvalue weighted by Crippen LogP contribution is 2.27. The number of halogens is 1. The van der Waals surface area contributed by atoms with E-state index in [1.807, 2.05) is 61.5 Å². The molecule has 0 heterocycles. The highest BCUT2D eigenvalue weighted by atomic mass is 79.9. The minimum absolute atomic E-state index is 0.339. The van der Waals surface area contributed by atoms with Crippen molar-refractivity contribution in [3.05, 3.63) is 106 Å². The van der Waals surface area contributed by atoms with Crippen LogP contribution in [0.2, 0.25) is 0 Å². The summed E-state index contributed by atoms with van der Waals surface area (Å²) in [6.45, 7) is 3.59. The zero-order valence-corrected chi connectivity index (χ0v) is 20.8. The monoisotopic (exact) mass is 530 g/mol. The molecule has 0 aliphatic rings. The molecule has 1 atom stereocenters. The lowest BCUT2D eigenvalue weighted by Gasteiger charge is -2.13. The average Bonchev–Trinajstić information content (AvgIpc) is 2.86. The molecule has 0 saturated heterocycles. The van der Waals surface area contributed by atoms with Crippen LogP contribution in [-0.4, -0.2) is 24.2 Å². The Morgan fingerprint density at radius 1 is 0.943 bits per heavy atom. The summed E-state index contributed by atoms with van der Waals surface area (Å²) in [6.07, 6.45) is 0.712. The van der Waals surface area contributed by atoms with Crippen LogP contribution < -0.4 is 14.9 Å². The zero-order valence-electron chi connectivity index (χ0n) is 19.2. The van der Waals surface area contributed by atoms with E-state index in [0.717, 1.165) is 20.8 Å². The fourth-order valence-electron chi connectivity index (χ4n) is 3.37. The first-order valence-electron chi connectivity index (χ1n) is 11.0. The van der Waals surface area contributed by atoms with Gasteiger partial charge < -0.3 is 9.47 Å². The number of hydrazone groups is 1. The van der Waals surface area contributed by atoms with Crippen molar-refractivity contribution in [2.45, 2.75) is 20.0 Å². The van der Waals surface area contributed by atoms with E-state index in [9.17, 15) is 9.59 Å². The number of rotatable bonds is 7. The summed E-state index contributed by atoms with van der Waals surface area (Å²) in [5.41, 5.74) is 4.57. The summed E-state index contributed by atoms with van der Waals surface area (Å²) in [5, 5.41) is 5.90. The highest BCUT2D eigenvalue weighted by Gasteiger charge is 2.16. The largest absolute Gasteiger partial charge is 0.481 e. The Kier molecular flexibility index (Phi) is 7.57. The van der Waals surface area contributed by atoms with Crippen molar-refractivity contribution in [1.82, 2.24) is 5.43 Å². The second kappa shape index (κ2) is 11.0. The van der Waals surface area contributed by atoms with Gasteiger partial charge in [-0.15, -0.1) is 0 Å². The third kappa shape index (κ3) is 6.13. The maximum atomic E-state index is 12.7. The second-order valence-corrected chi connectivity index (χ2v) is 8.82. The number of amides is 1. The topological polar surface area (TPSA) is 77.0 Å². The quantitative estimate of drug-likeness (QED) is 0.136. The number of hydrogen-bond acceptors (Lipinski definition) is 5. The lowest BCUT2D eigenvalue weighted by atomic mass is 10.0. The number of ether oxygens (including phenoxy) is 2. The molecular weight excluding hydrogens is 508 g/mol. The summed E-state index contributed by atoms with van der Waals surface area (Å²) in [4.78, 5) is 25.2. The van der Waals surface area contributed by atoms with Gasteiger partial charge in [0, 0.05) is 10.0 Å². The van der Waals surface area contributed by atoms with E-state index in [4.69, 9.17) is 9.47 Å². The summed E-state index contributed by atoms with van der Waals surface area (Å²) in [5.74, 6) is 0.0173. The molecule has 35 heavy (non-hydrogen) atoms. The van der Waals surface area contributed by atoms with Crippen LogP contribution in [0.3, 0.4) is 0 Å². The predicted octanol–water partition coefficient (Wildman–Crippen LogP) is 6.05. The van der Waals surface area contributed by atoms with Crippen molar-refractivity contribution in [2.75, 3.05) is 0 Å². The lowest BCUT2D eigenvalue weighted by Crippen LogP contribution is -2.33. The van der Waals surface area contributed by atoms with Crippen molar-refractivity contribution in [2.24, 2.45) is 5.10 Å². The Labute approximate surface area is 211 Å². The molecule has 4 aromatic rings. The molecule has 0 aliphatic carbocycles. The maximum Gasteiger partial charge on any atom is 0.343 e. The third-order valence-corrected chi connectivity index (χ3v) is 5.81. The maximum absolute atomic E-state index is 12.7. The fraction of sp³-hybridized carbons (Fsp3) is 0.107. The predicted molar refractivity (Wildman–Crippen MR) is 140 cm³/mol. The Hall–Kier alpha value is -3.97. The van der Waals surface area contributed by atoms with Gasteiger partial charge >= 0.3 is 5.97 Å². The number of nitrogens with zero attached hydrogens (tertiary/aromatic N) is 1. The van der Waals surface area contributed by atoms with E-state index in [1.165, 1.54) is 6.21 Å². The number of esters is 1. The van der Waals surface area contributed by atoms with Crippen molar-refractivity contribution in [3.8, 4) is 11.5 Å². The molecular formula is C28H23BrN2O4. The van der Waals surface area contributed by atoms with Gasteiger partial charge in [-0.1, -0.05) is 64.0 Å². The molecule has 1 amide bonds. The highest BCUT2D eigenvalue weighted by molar-refractivity contribution is 9.10. The summed E-state index contributed by atoms with van der Waals surface area (Å²) < 4.78 is 12.3. The van der Waals surface area contributed by atoms with Crippen LogP contribution in [-0.2, 0) is 4.79 Å². The van der Waals surface area contributed by atoms with Crippen molar-refractivity contribution < 1.29 is 19.1 Å². The van der Waals surface area contributed by atoms with Gasteiger partial charge in [0.05, 0.1) is 11.8 Å². The van der Waals surface area contributed by atoms with Crippen LogP contribution >= 0.6 is 15.9 Å². The number of hydrogen-bond donors (Lipinski definition) is 1. The molecule has 0 saturated carbocycles. The fourth-order valence-corrected chi connectivity index (χ4v) is 3.63. The number of nitrogens with one attached hydrogen (secondary N) is 1. The molecule has 1 N–H and O–H groups in total. The minimum atomic E-state index is -0.764. The molecule has 0 fully saturated rings. The van der Waals surface area contributed by atoms with Gasteiger partial charge in [0.25, 0.3) is 5.91 Å². The van der Waals surface area contributed by atoms with Crippen LogP contribution in [0.5, 0.6) is 11.5 Å². The standard InChI is InChI=1S/C28H23BrN2O4/c1-18-7-9-21(10-8-18)28(33)35-26-16-11-20-5-3-4-6-24(20)25(26)17-30-31-27(32)19(2)34-23-14-12-22(29)13-15-23/h3-17,19H,1-2H3,(H,31,32)/b30-17+. The number of carbonyl (C=O) groups is 2. The van der Waals surface area contributed by atoms with E-state index >= 15 is 0 Å². The molecule has 0 radical (unpaired) electrons. The van der Waals surface area contributed by atoms with Crippen molar-refractivity contribution in [1.29, 1.82) is 0 Å². The Bertz CT molecular complexity index is 1380. The van der Waals surface area contributed by atoms with Gasteiger partial charge in [-0.2, -0.15) is 5.10 Å². The average molecular weight is 531 g/mol. The van der Waals surface area contributed by atoms with Gasteiger partial charge in [0.15, 0.2) is 6.10 Å². The van der Waals surface area contributed by atoms with Crippen molar-refractivity contribution in [3.63, 3.8) is 0 Å². The van der Waals surface area contributed by atoms with Gasteiger partial charge in [0.2, 0.25) is 0 Å². The van der Waals surface area contributed by atoms with E-state index in [-0.39, 0.29) is 0 Å². The number of carbonyl (C=O) groups excluding carboxylic acids is 2. The summed E-state index contributed by atoms with van der Waals surface area (Å²) in [6, 6.07) is 25.6. The molecule has 4 aromatic carbocycles. The zero-order chi connectivity index (χ0) is 24.8. The normalized spacial score (nSPS) is 11.9. The molecule has 176 valence electrons. The molecule has 7 heteroatoms. The number of fused-ring (bicyclic) bond motifs is 1. The second-order valence-electron chi connectivity index (χ2n) is 7.90. The van der Waals surface area contributed by atoms with Crippen LogP contribution in [0.4, 0.5) is 0 Å². The summed E-state index contributed by atoms with van der Waals surface area (Å²) in [7, 11) is 0. The van der Waals surface area contributed by atoms with Gasteiger partial charge in [-0.3, -0.25) is 4.79 Å². The summed E-state index contributed by atoms with van der Waals surface area (Å²) >= 11 is 3.37. The Morgan fingerprint density at radius 3 is 2.40 bits per heavy atom.